The molecule has 2 heterocycles. The predicted octanol–water partition coefficient (Wildman–Crippen LogP) is 3.60. The second-order valence-electron chi connectivity index (χ2n) is 8.00. The monoisotopic (exact) mass is 456 g/mol. The Kier molecular flexibility index (Phi) is 6.48. The number of rotatable bonds is 7. The summed E-state index contributed by atoms with van der Waals surface area (Å²) in [6.45, 7) is 0.607. The van der Waals surface area contributed by atoms with Crippen molar-refractivity contribution < 1.29 is 22.8 Å². The molecule has 9 heteroatoms. The molecular weight excluding hydrogens is 433 g/mol. The molecule has 1 unspecified atom stereocenters. The Balaban J connectivity index is 1.27. The van der Waals surface area contributed by atoms with E-state index in [9.17, 15) is 22.8 Å². The highest BCUT2D eigenvalue weighted by molar-refractivity contribution is 5.89. The van der Waals surface area contributed by atoms with Crippen molar-refractivity contribution in [3.05, 3.63) is 83.7 Å². The van der Waals surface area contributed by atoms with Crippen LogP contribution in [0.5, 0.6) is 0 Å². The van der Waals surface area contributed by atoms with E-state index in [1.54, 1.807) is 10.7 Å². The van der Waals surface area contributed by atoms with Crippen molar-refractivity contribution in [2.45, 2.75) is 25.6 Å². The van der Waals surface area contributed by atoms with Gasteiger partial charge in [-0.15, -0.1) is 0 Å². The fourth-order valence-corrected chi connectivity index (χ4v) is 3.84. The minimum absolute atomic E-state index is 0.0451. The molecule has 2 amide bonds. The predicted molar refractivity (Wildman–Crippen MR) is 115 cm³/mol. The fourth-order valence-electron chi connectivity index (χ4n) is 3.84. The van der Waals surface area contributed by atoms with E-state index in [4.69, 9.17) is 0 Å². The Bertz CT molecular complexity index is 1130. The maximum absolute atomic E-state index is 12.9. The normalized spacial score (nSPS) is 16.3. The van der Waals surface area contributed by atoms with Crippen molar-refractivity contribution in [1.29, 1.82) is 0 Å². The molecule has 0 radical (unpaired) electrons. The molecule has 172 valence electrons. The number of halogens is 3. The van der Waals surface area contributed by atoms with E-state index in [-0.39, 0.29) is 31.3 Å². The first-order chi connectivity index (χ1) is 15.8. The van der Waals surface area contributed by atoms with Gasteiger partial charge in [-0.2, -0.15) is 18.3 Å². The number of benzene rings is 2. The van der Waals surface area contributed by atoms with Crippen LogP contribution in [0, 0.1) is 5.92 Å². The SMILES string of the molecule is O=C(NCCc1ccn(-c2ccccc2)n1)C1CC(=O)N(Cc2cccc(C(F)(F)F)c2)C1. The lowest BCUT2D eigenvalue weighted by Crippen LogP contribution is -2.34. The molecule has 1 N–H and O–H groups in total. The summed E-state index contributed by atoms with van der Waals surface area (Å²) in [6.07, 6.45) is -1.99. The molecule has 6 nitrogen and oxygen atoms in total. The first-order valence-electron chi connectivity index (χ1n) is 10.6. The Morgan fingerprint density at radius 1 is 1.09 bits per heavy atom. The summed E-state index contributed by atoms with van der Waals surface area (Å²) >= 11 is 0. The number of para-hydroxylation sites is 1. The number of hydrogen-bond acceptors (Lipinski definition) is 3. The minimum Gasteiger partial charge on any atom is -0.355 e. The van der Waals surface area contributed by atoms with Crippen molar-refractivity contribution in [1.82, 2.24) is 20.0 Å². The largest absolute Gasteiger partial charge is 0.416 e. The standard InChI is InChI=1S/C24H23F3N4O2/c25-24(26,27)19-6-4-5-17(13-19)15-30-16-18(14-22(30)32)23(33)28-11-9-20-10-12-31(29-20)21-7-2-1-3-8-21/h1-8,10,12-13,18H,9,11,14-16H2,(H,28,33). The average Bonchev–Trinajstić information content (AvgIpc) is 3.41. The van der Waals surface area contributed by atoms with Gasteiger partial charge in [-0.25, -0.2) is 4.68 Å². The molecule has 0 aliphatic carbocycles. The molecule has 1 aromatic heterocycles. The third-order valence-electron chi connectivity index (χ3n) is 5.56. The molecule has 4 rings (SSSR count). The molecule has 1 fully saturated rings. The highest BCUT2D eigenvalue weighted by Crippen LogP contribution is 2.30. The van der Waals surface area contributed by atoms with E-state index < -0.39 is 17.7 Å². The van der Waals surface area contributed by atoms with Gasteiger partial charge in [0.2, 0.25) is 11.8 Å². The van der Waals surface area contributed by atoms with Crippen LogP contribution in [0.25, 0.3) is 5.69 Å². The smallest absolute Gasteiger partial charge is 0.355 e. The molecule has 3 aromatic rings. The van der Waals surface area contributed by atoms with Crippen LogP contribution in [0.15, 0.2) is 66.9 Å². The van der Waals surface area contributed by atoms with Crippen LogP contribution >= 0.6 is 0 Å². The lowest BCUT2D eigenvalue weighted by atomic mass is 10.1. The number of hydrogen-bond donors (Lipinski definition) is 1. The van der Waals surface area contributed by atoms with E-state index in [0.717, 1.165) is 23.5 Å². The summed E-state index contributed by atoms with van der Waals surface area (Å²) in [6, 6.07) is 16.5. The number of carbonyl (C=O) groups excluding carboxylic acids is 2. The third kappa shape index (κ3) is 5.60. The zero-order valence-electron chi connectivity index (χ0n) is 17.8. The molecule has 0 spiro atoms. The van der Waals surface area contributed by atoms with Gasteiger partial charge >= 0.3 is 6.18 Å². The Morgan fingerprint density at radius 2 is 1.88 bits per heavy atom. The van der Waals surface area contributed by atoms with Gasteiger partial charge in [0.05, 0.1) is 22.9 Å². The summed E-state index contributed by atoms with van der Waals surface area (Å²) in [5.41, 5.74) is 1.40. The van der Waals surface area contributed by atoms with E-state index in [2.05, 4.69) is 10.4 Å². The quantitative estimate of drug-likeness (QED) is 0.591. The van der Waals surface area contributed by atoms with Gasteiger partial charge in [0.15, 0.2) is 0 Å². The van der Waals surface area contributed by atoms with Crippen molar-refractivity contribution in [3.8, 4) is 5.69 Å². The number of carbonyl (C=O) groups is 2. The summed E-state index contributed by atoms with van der Waals surface area (Å²) in [7, 11) is 0. The van der Waals surface area contributed by atoms with E-state index in [1.165, 1.54) is 11.0 Å². The summed E-state index contributed by atoms with van der Waals surface area (Å²) in [5, 5.41) is 7.33. The van der Waals surface area contributed by atoms with Crippen LogP contribution in [0.4, 0.5) is 13.2 Å². The van der Waals surface area contributed by atoms with E-state index in [0.29, 0.717) is 18.5 Å². The second kappa shape index (κ2) is 9.48. The van der Waals surface area contributed by atoms with Gasteiger partial charge in [-0.3, -0.25) is 9.59 Å². The molecule has 0 saturated carbocycles. The van der Waals surface area contributed by atoms with Crippen LogP contribution in [-0.4, -0.2) is 39.6 Å². The maximum Gasteiger partial charge on any atom is 0.416 e. The van der Waals surface area contributed by atoms with Crippen molar-refractivity contribution >= 4 is 11.8 Å². The minimum atomic E-state index is -4.44. The van der Waals surface area contributed by atoms with Crippen LogP contribution in [0.2, 0.25) is 0 Å². The number of nitrogens with one attached hydrogen (secondary N) is 1. The zero-order chi connectivity index (χ0) is 23.4. The Labute approximate surface area is 189 Å². The summed E-state index contributed by atoms with van der Waals surface area (Å²) < 4.78 is 40.5. The van der Waals surface area contributed by atoms with Crippen molar-refractivity contribution in [3.63, 3.8) is 0 Å². The summed E-state index contributed by atoms with van der Waals surface area (Å²) in [4.78, 5) is 26.3. The number of alkyl halides is 3. The molecule has 1 aliphatic heterocycles. The molecule has 1 atom stereocenters. The molecule has 0 bridgehead atoms. The van der Waals surface area contributed by atoms with Gasteiger partial charge in [0.25, 0.3) is 0 Å². The van der Waals surface area contributed by atoms with E-state index in [1.807, 2.05) is 42.6 Å². The highest BCUT2D eigenvalue weighted by Gasteiger charge is 2.35. The highest BCUT2D eigenvalue weighted by atomic mass is 19.4. The van der Waals surface area contributed by atoms with Crippen LogP contribution in [0.3, 0.4) is 0 Å². The Morgan fingerprint density at radius 3 is 2.64 bits per heavy atom. The average molecular weight is 456 g/mol. The van der Waals surface area contributed by atoms with Gasteiger partial charge in [0.1, 0.15) is 0 Å². The lowest BCUT2D eigenvalue weighted by molar-refractivity contribution is -0.137. The number of nitrogens with zero attached hydrogens (tertiary/aromatic N) is 3. The number of aromatic nitrogens is 2. The number of amides is 2. The van der Waals surface area contributed by atoms with E-state index >= 15 is 0 Å². The van der Waals surface area contributed by atoms with Gasteiger partial charge < -0.3 is 10.2 Å². The molecular formula is C24H23F3N4O2. The first-order valence-corrected chi connectivity index (χ1v) is 10.6. The molecule has 1 aliphatic rings. The Hall–Kier alpha value is -3.62. The van der Waals surface area contributed by atoms with Gasteiger partial charge in [0, 0.05) is 38.7 Å². The first kappa shape index (κ1) is 22.6. The summed E-state index contributed by atoms with van der Waals surface area (Å²) in [5.74, 6) is -1.00. The second-order valence-corrected chi connectivity index (χ2v) is 8.00. The maximum atomic E-state index is 12.9. The van der Waals surface area contributed by atoms with Gasteiger partial charge in [-0.05, 0) is 35.9 Å². The van der Waals surface area contributed by atoms with Crippen LogP contribution in [-0.2, 0) is 28.7 Å². The fraction of sp³-hybridized carbons (Fsp3) is 0.292. The topological polar surface area (TPSA) is 67.2 Å². The van der Waals surface area contributed by atoms with Crippen LogP contribution < -0.4 is 5.32 Å². The van der Waals surface area contributed by atoms with Crippen molar-refractivity contribution in [2.75, 3.05) is 13.1 Å². The van der Waals surface area contributed by atoms with Gasteiger partial charge in [-0.1, -0.05) is 30.3 Å². The van der Waals surface area contributed by atoms with Crippen LogP contribution in [0.1, 0.15) is 23.2 Å². The third-order valence-corrected chi connectivity index (χ3v) is 5.56. The number of likely N-dealkylation sites (tertiary alicyclic amines) is 1. The lowest BCUT2D eigenvalue weighted by Gasteiger charge is -2.17. The molecule has 1 saturated heterocycles. The molecule has 33 heavy (non-hydrogen) atoms. The van der Waals surface area contributed by atoms with Crippen molar-refractivity contribution in [2.24, 2.45) is 5.92 Å². The zero-order valence-corrected chi connectivity index (χ0v) is 17.8. The molecule has 2 aromatic carbocycles.